The molecular weight excluding hydrogens is 396 g/mol. The van der Waals surface area contributed by atoms with Crippen LogP contribution in [0.3, 0.4) is 0 Å². The van der Waals surface area contributed by atoms with Crippen molar-refractivity contribution in [3.8, 4) is 11.1 Å². The molecule has 3 amide bonds. The Morgan fingerprint density at radius 2 is 1.67 bits per heavy atom. The zero-order valence-electron chi connectivity index (χ0n) is 16.1. The van der Waals surface area contributed by atoms with E-state index in [0.717, 1.165) is 10.3 Å². The number of amides is 3. The molecule has 1 aromatic heterocycles. The molecular formula is C24H18N2O3S. The van der Waals surface area contributed by atoms with E-state index in [4.69, 9.17) is 4.42 Å². The Kier molecular flexibility index (Phi) is 4.56. The molecule has 1 atom stereocenters. The molecule has 6 heteroatoms. The van der Waals surface area contributed by atoms with E-state index in [1.807, 2.05) is 30.3 Å². The fourth-order valence-corrected chi connectivity index (χ4v) is 4.47. The summed E-state index contributed by atoms with van der Waals surface area (Å²) >= 11 is 1.17. The minimum Gasteiger partial charge on any atom is -0.451 e. The Morgan fingerprint density at radius 1 is 0.900 bits per heavy atom. The summed E-state index contributed by atoms with van der Waals surface area (Å²) < 4.78 is 8.15. The second-order valence-corrected chi connectivity index (χ2v) is 8.07. The molecule has 0 radical (unpaired) electrons. The Bertz CT molecular complexity index is 1260. The number of hydrogen-bond donors (Lipinski definition) is 2. The highest BCUT2D eigenvalue weighted by molar-refractivity contribution is 7.98. The van der Waals surface area contributed by atoms with Gasteiger partial charge in [0.2, 0.25) is 0 Å². The van der Waals surface area contributed by atoms with Gasteiger partial charge in [0.1, 0.15) is 5.58 Å². The predicted octanol–water partition coefficient (Wildman–Crippen LogP) is 5.71. The number of benzene rings is 3. The number of urea groups is 1. The van der Waals surface area contributed by atoms with Crippen molar-refractivity contribution in [1.29, 1.82) is 0 Å². The SMILES string of the molecule is CC1c2ccccc2-c2ccc(SNC(=O)NC(=O)c3cc4ccccc4o3)cc21. The Balaban J connectivity index is 1.24. The van der Waals surface area contributed by atoms with Gasteiger partial charge in [-0.2, -0.15) is 0 Å². The highest BCUT2D eigenvalue weighted by atomic mass is 32.2. The smallest absolute Gasteiger partial charge is 0.332 e. The lowest BCUT2D eigenvalue weighted by atomic mass is 10.00. The van der Waals surface area contributed by atoms with Crippen molar-refractivity contribution in [2.24, 2.45) is 0 Å². The third-order valence-corrected chi connectivity index (χ3v) is 6.12. The third kappa shape index (κ3) is 3.25. The monoisotopic (exact) mass is 414 g/mol. The van der Waals surface area contributed by atoms with Crippen LogP contribution in [-0.2, 0) is 0 Å². The van der Waals surface area contributed by atoms with E-state index in [-0.39, 0.29) is 5.76 Å². The molecule has 4 aromatic rings. The molecule has 0 bridgehead atoms. The fourth-order valence-electron chi connectivity index (χ4n) is 3.88. The van der Waals surface area contributed by atoms with Crippen LogP contribution < -0.4 is 10.0 Å². The maximum absolute atomic E-state index is 12.3. The number of fused-ring (bicyclic) bond motifs is 4. The molecule has 0 saturated carbocycles. The maximum Gasteiger partial charge on any atom is 0.332 e. The van der Waals surface area contributed by atoms with Crippen LogP contribution in [0.2, 0.25) is 0 Å². The second-order valence-electron chi connectivity index (χ2n) is 7.19. The molecule has 0 fully saturated rings. The van der Waals surface area contributed by atoms with E-state index in [2.05, 4.69) is 47.3 Å². The Hall–Kier alpha value is -3.51. The quantitative estimate of drug-likeness (QED) is 0.421. The molecule has 1 unspecified atom stereocenters. The number of rotatable bonds is 3. The first-order chi connectivity index (χ1) is 14.6. The van der Waals surface area contributed by atoms with Crippen LogP contribution in [0.1, 0.15) is 34.5 Å². The molecule has 148 valence electrons. The minimum atomic E-state index is -0.595. The highest BCUT2D eigenvalue weighted by Crippen LogP contribution is 2.45. The minimum absolute atomic E-state index is 0.0977. The summed E-state index contributed by atoms with van der Waals surface area (Å²) in [6.07, 6.45) is 0. The van der Waals surface area contributed by atoms with Gasteiger partial charge in [-0.1, -0.05) is 55.5 Å². The molecule has 0 saturated heterocycles. The second kappa shape index (κ2) is 7.39. The number of carbonyl (C=O) groups is 2. The van der Waals surface area contributed by atoms with E-state index in [9.17, 15) is 9.59 Å². The van der Waals surface area contributed by atoms with Gasteiger partial charge >= 0.3 is 6.03 Å². The molecule has 3 aromatic carbocycles. The average molecular weight is 414 g/mol. The molecule has 1 aliphatic rings. The van der Waals surface area contributed by atoms with Gasteiger partial charge in [0.15, 0.2) is 5.76 Å². The van der Waals surface area contributed by atoms with E-state index < -0.39 is 11.9 Å². The van der Waals surface area contributed by atoms with Crippen molar-refractivity contribution in [2.75, 3.05) is 0 Å². The largest absolute Gasteiger partial charge is 0.451 e. The van der Waals surface area contributed by atoms with Crippen LogP contribution >= 0.6 is 11.9 Å². The average Bonchev–Trinajstić information content (AvgIpc) is 3.32. The van der Waals surface area contributed by atoms with Crippen LogP contribution in [0.4, 0.5) is 4.79 Å². The van der Waals surface area contributed by atoms with Gasteiger partial charge in [-0.15, -0.1) is 0 Å². The van der Waals surface area contributed by atoms with E-state index >= 15 is 0 Å². The van der Waals surface area contributed by atoms with Gasteiger partial charge in [0, 0.05) is 16.2 Å². The molecule has 5 rings (SSSR count). The summed E-state index contributed by atoms with van der Waals surface area (Å²) in [5, 5.41) is 3.11. The highest BCUT2D eigenvalue weighted by Gasteiger charge is 2.25. The first-order valence-electron chi connectivity index (χ1n) is 9.60. The number of hydrogen-bond acceptors (Lipinski definition) is 4. The summed E-state index contributed by atoms with van der Waals surface area (Å²) in [5.41, 5.74) is 5.65. The molecule has 0 aliphatic heterocycles. The summed E-state index contributed by atoms with van der Waals surface area (Å²) in [7, 11) is 0. The molecule has 5 nitrogen and oxygen atoms in total. The van der Waals surface area contributed by atoms with Crippen LogP contribution in [0.25, 0.3) is 22.1 Å². The Morgan fingerprint density at radius 3 is 2.53 bits per heavy atom. The zero-order valence-corrected chi connectivity index (χ0v) is 17.0. The first kappa shape index (κ1) is 18.5. The number of furan rings is 1. The lowest BCUT2D eigenvalue weighted by molar-refractivity contribution is 0.0940. The number of nitrogens with one attached hydrogen (secondary N) is 2. The van der Waals surface area contributed by atoms with E-state index in [1.165, 1.54) is 34.2 Å². The van der Waals surface area contributed by atoms with Gasteiger partial charge in [-0.25, -0.2) is 4.79 Å². The van der Waals surface area contributed by atoms with Crippen LogP contribution in [-0.4, -0.2) is 11.9 Å². The van der Waals surface area contributed by atoms with E-state index in [0.29, 0.717) is 11.5 Å². The van der Waals surface area contributed by atoms with Crippen molar-refractivity contribution < 1.29 is 14.0 Å². The van der Waals surface area contributed by atoms with Gasteiger partial charge in [0.05, 0.1) is 0 Å². The van der Waals surface area contributed by atoms with Gasteiger partial charge < -0.3 is 4.42 Å². The van der Waals surface area contributed by atoms with Crippen molar-refractivity contribution in [2.45, 2.75) is 17.7 Å². The summed E-state index contributed by atoms with van der Waals surface area (Å²) in [4.78, 5) is 25.4. The molecule has 0 spiro atoms. The summed E-state index contributed by atoms with van der Waals surface area (Å²) in [6.45, 7) is 2.19. The zero-order chi connectivity index (χ0) is 20.7. The normalized spacial score (nSPS) is 14.2. The van der Waals surface area contributed by atoms with Crippen molar-refractivity contribution >= 4 is 34.9 Å². The van der Waals surface area contributed by atoms with Gasteiger partial charge in [0.25, 0.3) is 5.91 Å². The van der Waals surface area contributed by atoms with Gasteiger partial charge in [-0.05, 0) is 58.5 Å². The summed E-state index contributed by atoms with van der Waals surface area (Å²) in [5.74, 6) is -0.178. The summed E-state index contributed by atoms with van der Waals surface area (Å²) in [6, 6.07) is 22.9. The standard InChI is InChI=1S/C24H18N2O3S/c1-14-17-7-3-4-8-18(17)19-11-10-16(13-20(14)19)30-26-24(28)25-23(27)22-12-15-6-2-5-9-21(15)29-22/h2-14H,1H3,(H2,25,26,27,28). The van der Waals surface area contributed by atoms with Crippen LogP contribution in [0.5, 0.6) is 0 Å². The number of para-hydroxylation sites is 1. The predicted molar refractivity (Wildman–Crippen MR) is 117 cm³/mol. The van der Waals surface area contributed by atoms with Crippen molar-refractivity contribution in [3.63, 3.8) is 0 Å². The van der Waals surface area contributed by atoms with E-state index in [1.54, 1.807) is 12.1 Å². The maximum atomic E-state index is 12.3. The van der Waals surface area contributed by atoms with Crippen LogP contribution in [0.15, 0.2) is 82.1 Å². The Labute approximate surface area is 177 Å². The lowest BCUT2D eigenvalue weighted by Crippen LogP contribution is -2.36. The molecule has 1 aliphatic carbocycles. The molecule has 2 N–H and O–H groups in total. The first-order valence-corrected chi connectivity index (χ1v) is 10.4. The van der Waals surface area contributed by atoms with Crippen molar-refractivity contribution in [3.05, 3.63) is 89.7 Å². The molecule has 1 heterocycles. The van der Waals surface area contributed by atoms with Crippen LogP contribution in [0, 0.1) is 0 Å². The molecule has 30 heavy (non-hydrogen) atoms. The van der Waals surface area contributed by atoms with Gasteiger partial charge in [-0.3, -0.25) is 14.8 Å². The fraction of sp³-hybridized carbons (Fsp3) is 0.0833. The van der Waals surface area contributed by atoms with Crippen molar-refractivity contribution in [1.82, 2.24) is 10.0 Å². The number of carbonyl (C=O) groups excluding carboxylic acids is 2. The topological polar surface area (TPSA) is 71.3 Å². The third-order valence-electron chi connectivity index (χ3n) is 5.34. The number of imide groups is 1. The lowest BCUT2D eigenvalue weighted by Gasteiger charge is -2.09.